The van der Waals surface area contributed by atoms with Crippen LogP contribution in [0.5, 0.6) is 11.5 Å². The molecule has 1 aliphatic rings. The molecule has 32 heavy (non-hydrogen) atoms. The number of benzene rings is 2. The van der Waals surface area contributed by atoms with Crippen molar-refractivity contribution in [2.75, 3.05) is 27.8 Å². The average molecular weight is 434 g/mol. The first-order valence-corrected chi connectivity index (χ1v) is 10.4. The molecule has 0 fully saturated rings. The summed E-state index contributed by atoms with van der Waals surface area (Å²) in [5.41, 5.74) is 3.00. The number of hydrogen-bond acceptors (Lipinski definition) is 5. The maximum Gasteiger partial charge on any atom is 0.254 e. The number of fused-ring (bicyclic) bond motifs is 1. The second kappa shape index (κ2) is 9.13. The summed E-state index contributed by atoms with van der Waals surface area (Å²) in [7, 11) is 4.86. The van der Waals surface area contributed by atoms with Crippen molar-refractivity contribution in [3.63, 3.8) is 0 Å². The minimum Gasteiger partial charge on any atom is -0.493 e. The smallest absolute Gasteiger partial charge is 0.254 e. The van der Waals surface area contributed by atoms with E-state index in [1.807, 2.05) is 30.3 Å². The monoisotopic (exact) mass is 434 g/mol. The zero-order chi connectivity index (χ0) is 22.7. The highest BCUT2D eigenvalue weighted by Gasteiger charge is 2.42. The minimum atomic E-state index is -0.575. The van der Waals surface area contributed by atoms with Gasteiger partial charge in [0.1, 0.15) is 0 Å². The number of H-pyrrole nitrogens is 1. The first kappa shape index (κ1) is 21.4. The highest BCUT2D eigenvalue weighted by Crippen LogP contribution is 2.43. The molecule has 8 heteroatoms. The minimum absolute atomic E-state index is 0.123. The predicted molar refractivity (Wildman–Crippen MR) is 119 cm³/mol. The van der Waals surface area contributed by atoms with Gasteiger partial charge >= 0.3 is 0 Å². The third-order valence-electron chi connectivity index (χ3n) is 5.86. The van der Waals surface area contributed by atoms with Crippen LogP contribution in [-0.2, 0) is 11.2 Å². The molecule has 2 heterocycles. The van der Waals surface area contributed by atoms with Crippen molar-refractivity contribution in [1.82, 2.24) is 20.2 Å². The Hall–Kier alpha value is -3.81. The van der Waals surface area contributed by atoms with Crippen LogP contribution < -0.4 is 14.8 Å². The van der Waals surface area contributed by atoms with E-state index in [1.54, 1.807) is 50.8 Å². The number of carbonyl (C=O) groups excluding carboxylic acids is 2. The van der Waals surface area contributed by atoms with Gasteiger partial charge in [0, 0.05) is 37.5 Å². The summed E-state index contributed by atoms with van der Waals surface area (Å²) in [5, 5.41) is 3.04. The lowest BCUT2D eigenvalue weighted by Crippen LogP contribution is -2.46. The predicted octanol–water partition coefficient (Wildman–Crippen LogP) is 2.70. The Kier molecular flexibility index (Phi) is 6.11. The Morgan fingerprint density at radius 3 is 2.66 bits per heavy atom. The van der Waals surface area contributed by atoms with Crippen molar-refractivity contribution in [2.24, 2.45) is 0 Å². The van der Waals surface area contributed by atoms with Crippen molar-refractivity contribution in [3.8, 4) is 11.5 Å². The summed E-state index contributed by atoms with van der Waals surface area (Å²) in [6.45, 7) is 0.454. The quantitative estimate of drug-likeness (QED) is 0.596. The van der Waals surface area contributed by atoms with E-state index >= 15 is 0 Å². The van der Waals surface area contributed by atoms with E-state index in [0.717, 1.165) is 16.8 Å². The third kappa shape index (κ3) is 3.91. The molecule has 0 spiro atoms. The van der Waals surface area contributed by atoms with Gasteiger partial charge in [0.25, 0.3) is 5.91 Å². The summed E-state index contributed by atoms with van der Waals surface area (Å²) in [4.78, 5) is 35.3. The number of hydrogen-bond donors (Lipinski definition) is 2. The van der Waals surface area contributed by atoms with Crippen LogP contribution in [0, 0.1) is 0 Å². The van der Waals surface area contributed by atoms with E-state index in [2.05, 4.69) is 15.3 Å². The molecule has 3 aromatic rings. The SMILES string of the molecule is COc1ccc([C@@H]2[C@H](C(=O)NCCc3cnc[nH]3)c3ccccc3C(=O)N2C)cc1OC. The van der Waals surface area contributed by atoms with E-state index in [-0.39, 0.29) is 11.8 Å². The molecular formula is C24H26N4O4. The molecule has 0 saturated heterocycles. The summed E-state index contributed by atoms with van der Waals surface area (Å²) in [5.74, 6) is 0.289. The van der Waals surface area contributed by atoms with E-state index in [1.165, 1.54) is 0 Å². The van der Waals surface area contributed by atoms with Crippen LogP contribution in [-0.4, -0.2) is 54.5 Å². The third-order valence-corrected chi connectivity index (χ3v) is 5.86. The van der Waals surface area contributed by atoms with Crippen molar-refractivity contribution < 1.29 is 19.1 Å². The molecule has 1 aliphatic heterocycles. The van der Waals surface area contributed by atoms with Crippen LogP contribution in [0.25, 0.3) is 0 Å². The normalized spacial score (nSPS) is 17.6. The number of nitrogens with one attached hydrogen (secondary N) is 2. The molecule has 2 atom stereocenters. The van der Waals surface area contributed by atoms with Gasteiger partial charge in [-0.3, -0.25) is 9.59 Å². The van der Waals surface area contributed by atoms with E-state index in [4.69, 9.17) is 9.47 Å². The lowest BCUT2D eigenvalue weighted by Gasteiger charge is -2.40. The van der Waals surface area contributed by atoms with Crippen LogP contribution in [0.2, 0.25) is 0 Å². The Balaban J connectivity index is 1.71. The zero-order valence-corrected chi connectivity index (χ0v) is 18.3. The molecule has 0 unspecified atom stereocenters. The molecule has 2 N–H and O–H groups in total. The second-order valence-electron chi connectivity index (χ2n) is 7.66. The number of imidazole rings is 1. The van der Waals surface area contributed by atoms with Crippen LogP contribution in [0.3, 0.4) is 0 Å². The number of methoxy groups -OCH3 is 2. The fraction of sp³-hybridized carbons (Fsp3) is 0.292. The fourth-order valence-electron chi connectivity index (χ4n) is 4.26. The number of carbonyl (C=O) groups is 2. The number of aromatic amines is 1. The van der Waals surface area contributed by atoms with Gasteiger partial charge in [0.15, 0.2) is 11.5 Å². The van der Waals surface area contributed by atoms with Gasteiger partial charge in [-0.1, -0.05) is 24.3 Å². The molecule has 0 radical (unpaired) electrons. The van der Waals surface area contributed by atoms with Gasteiger partial charge < -0.3 is 24.7 Å². The maximum atomic E-state index is 13.5. The van der Waals surface area contributed by atoms with Gasteiger partial charge in [-0.2, -0.15) is 0 Å². The van der Waals surface area contributed by atoms with Gasteiger partial charge in [-0.05, 0) is 29.3 Å². The highest BCUT2D eigenvalue weighted by atomic mass is 16.5. The lowest BCUT2D eigenvalue weighted by molar-refractivity contribution is -0.124. The van der Waals surface area contributed by atoms with Crippen LogP contribution in [0.4, 0.5) is 0 Å². The summed E-state index contributed by atoms with van der Waals surface area (Å²) < 4.78 is 10.8. The lowest BCUT2D eigenvalue weighted by atomic mass is 9.79. The Bertz CT molecular complexity index is 1110. The summed E-state index contributed by atoms with van der Waals surface area (Å²) >= 11 is 0. The van der Waals surface area contributed by atoms with E-state index in [9.17, 15) is 9.59 Å². The molecule has 0 bridgehead atoms. The Labute approximate surface area is 186 Å². The molecule has 0 aliphatic carbocycles. The van der Waals surface area contributed by atoms with Crippen LogP contribution >= 0.6 is 0 Å². The van der Waals surface area contributed by atoms with Crippen molar-refractivity contribution in [1.29, 1.82) is 0 Å². The first-order valence-electron chi connectivity index (χ1n) is 10.4. The standard InChI is InChI=1S/C24H26N4O4/c1-28-22(15-8-9-19(31-2)20(12-15)32-3)21(17-6-4-5-7-18(17)24(28)30)23(29)26-11-10-16-13-25-14-27-16/h4-9,12-14,21-22H,10-11H2,1-3H3,(H,25,27)(H,26,29)/t21-,22-/m1/s1. The molecule has 1 aromatic heterocycles. The number of amides is 2. The molecule has 2 aromatic carbocycles. The molecular weight excluding hydrogens is 408 g/mol. The van der Waals surface area contributed by atoms with Gasteiger partial charge in [0.2, 0.25) is 5.91 Å². The van der Waals surface area contributed by atoms with Crippen molar-refractivity contribution in [3.05, 3.63) is 77.4 Å². The van der Waals surface area contributed by atoms with Gasteiger partial charge in [-0.15, -0.1) is 0 Å². The summed E-state index contributed by atoms with van der Waals surface area (Å²) in [6.07, 6.45) is 3.99. The Morgan fingerprint density at radius 2 is 1.94 bits per heavy atom. The Morgan fingerprint density at radius 1 is 1.16 bits per heavy atom. The van der Waals surface area contributed by atoms with E-state index in [0.29, 0.717) is 30.0 Å². The average Bonchev–Trinajstić information content (AvgIpc) is 3.34. The van der Waals surface area contributed by atoms with Gasteiger partial charge in [0.05, 0.1) is 32.5 Å². The summed E-state index contributed by atoms with van der Waals surface area (Å²) in [6, 6.07) is 12.3. The van der Waals surface area contributed by atoms with Gasteiger partial charge in [-0.25, -0.2) is 4.98 Å². The maximum absolute atomic E-state index is 13.5. The van der Waals surface area contributed by atoms with Crippen LogP contribution in [0.15, 0.2) is 55.0 Å². The highest BCUT2D eigenvalue weighted by molar-refractivity contribution is 6.01. The number of nitrogens with zero attached hydrogens (tertiary/aromatic N) is 2. The molecule has 0 saturated carbocycles. The number of ether oxygens (including phenoxy) is 2. The van der Waals surface area contributed by atoms with Crippen molar-refractivity contribution >= 4 is 11.8 Å². The second-order valence-corrected chi connectivity index (χ2v) is 7.66. The largest absolute Gasteiger partial charge is 0.493 e. The number of rotatable bonds is 7. The molecule has 2 amide bonds. The topological polar surface area (TPSA) is 96.5 Å². The van der Waals surface area contributed by atoms with E-state index < -0.39 is 12.0 Å². The van der Waals surface area contributed by atoms with Crippen molar-refractivity contribution in [2.45, 2.75) is 18.4 Å². The zero-order valence-electron chi connectivity index (χ0n) is 18.3. The fourth-order valence-corrected chi connectivity index (χ4v) is 4.26. The molecule has 166 valence electrons. The van der Waals surface area contributed by atoms with Crippen LogP contribution in [0.1, 0.15) is 39.1 Å². The molecule has 8 nitrogen and oxygen atoms in total. The number of aromatic nitrogens is 2. The number of likely N-dealkylation sites (N-methyl/N-ethyl adjacent to an activating group) is 1. The first-order chi connectivity index (χ1) is 15.5. The molecule has 4 rings (SSSR count).